The largest absolute Gasteiger partial charge is 0.493 e. The molecule has 1 N–H and O–H groups in total. The number of amidine groups is 2. The molecule has 6 rings (SSSR count). The zero-order valence-electron chi connectivity index (χ0n) is 21.4. The topological polar surface area (TPSA) is 92.3 Å². The lowest BCUT2D eigenvalue weighted by Gasteiger charge is -2.20. The highest BCUT2D eigenvalue weighted by atomic mass is 32.2. The first-order valence-electron chi connectivity index (χ1n) is 12.4. The van der Waals surface area contributed by atoms with Gasteiger partial charge in [-0.3, -0.25) is 10.2 Å². The predicted octanol–water partition coefficient (Wildman–Crippen LogP) is 5.70. The molecule has 194 valence electrons. The molecule has 4 aromatic rings. The number of hydrogen-bond donors (Lipinski definition) is 1. The van der Waals surface area contributed by atoms with E-state index in [9.17, 15) is 4.79 Å². The van der Waals surface area contributed by atoms with Crippen molar-refractivity contribution < 1.29 is 14.3 Å². The smallest absolute Gasteiger partial charge is 0.283 e. The summed E-state index contributed by atoms with van der Waals surface area (Å²) in [4.78, 5) is 17.3. The van der Waals surface area contributed by atoms with E-state index in [0.717, 1.165) is 27.6 Å². The van der Waals surface area contributed by atoms with Crippen molar-refractivity contribution in [1.82, 2.24) is 9.58 Å². The van der Waals surface area contributed by atoms with Crippen LogP contribution >= 0.6 is 11.8 Å². The summed E-state index contributed by atoms with van der Waals surface area (Å²) >= 11 is 1.30. The average molecular weight is 536 g/mol. The van der Waals surface area contributed by atoms with E-state index in [4.69, 9.17) is 14.9 Å². The fourth-order valence-electron chi connectivity index (χ4n) is 4.53. The standard InChI is InChI=1S/C30H25N5O3S/c1-19-11-13-20(14-12-19)29-33-35-27(31)23(28(36)32-30(35)39-29)17-21-18-34(24-8-4-3-7-22(21)24)15-16-38-26-10-6-5-9-25(26)37-2/h3-14,17-18,31H,15-16H2,1-2H3. The highest BCUT2D eigenvalue weighted by Gasteiger charge is 2.36. The quantitative estimate of drug-likeness (QED) is 0.306. The van der Waals surface area contributed by atoms with Gasteiger partial charge in [0.15, 0.2) is 17.3 Å². The van der Waals surface area contributed by atoms with E-state index in [-0.39, 0.29) is 11.4 Å². The number of nitrogens with zero attached hydrogens (tertiary/aromatic N) is 4. The molecule has 9 heteroatoms. The summed E-state index contributed by atoms with van der Waals surface area (Å²) in [7, 11) is 1.62. The minimum atomic E-state index is -0.449. The van der Waals surface area contributed by atoms with Gasteiger partial charge in [0.2, 0.25) is 5.17 Å². The molecule has 0 saturated carbocycles. The van der Waals surface area contributed by atoms with E-state index in [2.05, 4.69) is 14.7 Å². The summed E-state index contributed by atoms with van der Waals surface area (Å²) < 4.78 is 13.4. The molecule has 3 heterocycles. The Bertz CT molecular complexity index is 1700. The van der Waals surface area contributed by atoms with Crippen LogP contribution in [0.4, 0.5) is 0 Å². The highest BCUT2D eigenvalue weighted by Crippen LogP contribution is 2.32. The summed E-state index contributed by atoms with van der Waals surface area (Å²) in [5, 5.41) is 16.9. The summed E-state index contributed by atoms with van der Waals surface area (Å²) in [5.41, 5.74) is 4.09. The first-order chi connectivity index (χ1) is 19.0. The van der Waals surface area contributed by atoms with E-state index in [1.165, 1.54) is 16.8 Å². The monoisotopic (exact) mass is 535 g/mol. The fourth-order valence-corrected chi connectivity index (χ4v) is 5.42. The van der Waals surface area contributed by atoms with Crippen LogP contribution in [0.15, 0.2) is 94.7 Å². The van der Waals surface area contributed by atoms with E-state index in [1.807, 2.05) is 85.9 Å². The molecule has 2 aliphatic rings. The number of benzene rings is 3. The highest BCUT2D eigenvalue weighted by molar-refractivity contribution is 8.27. The second-order valence-electron chi connectivity index (χ2n) is 9.09. The van der Waals surface area contributed by atoms with E-state index in [0.29, 0.717) is 34.9 Å². The maximum Gasteiger partial charge on any atom is 0.283 e. The number of fused-ring (bicyclic) bond motifs is 2. The molecule has 0 atom stereocenters. The van der Waals surface area contributed by atoms with Crippen molar-refractivity contribution in [3.05, 3.63) is 101 Å². The molecule has 1 aromatic heterocycles. The van der Waals surface area contributed by atoms with Crippen molar-refractivity contribution in [3.63, 3.8) is 0 Å². The molecule has 0 unspecified atom stereocenters. The normalized spacial score (nSPS) is 15.9. The van der Waals surface area contributed by atoms with Crippen LogP contribution in [-0.4, -0.2) is 45.2 Å². The lowest BCUT2D eigenvalue weighted by molar-refractivity contribution is -0.114. The second kappa shape index (κ2) is 10.3. The Labute approximate surface area is 229 Å². The van der Waals surface area contributed by atoms with Crippen molar-refractivity contribution in [1.29, 1.82) is 5.41 Å². The third-order valence-corrected chi connectivity index (χ3v) is 7.49. The Morgan fingerprint density at radius 3 is 2.54 bits per heavy atom. The van der Waals surface area contributed by atoms with E-state index >= 15 is 0 Å². The van der Waals surface area contributed by atoms with E-state index in [1.54, 1.807) is 13.2 Å². The number of nitrogens with one attached hydrogen (secondary N) is 1. The molecule has 0 bridgehead atoms. The van der Waals surface area contributed by atoms with Crippen molar-refractivity contribution in [3.8, 4) is 11.5 Å². The zero-order chi connectivity index (χ0) is 26.9. The number of carbonyl (C=O) groups excluding carboxylic acids is 1. The van der Waals surface area contributed by atoms with Crippen molar-refractivity contribution in [2.45, 2.75) is 13.5 Å². The molecule has 2 aliphatic heterocycles. The number of para-hydroxylation sites is 3. The number of hydrogen-bond acceptors (Lipinski definition) is 6. The Hall–Kier alpha value is -4.63. The Kier molecular flexibility index (Phi) is 6.50. The van der Waals surface area contributed by atoms with Crippen molar-refractivity contribution >= 4 is 50.7 Å². The molecule has 0 saturated heterocycles. The van der Waals surface area contributed by atoms with Crippen molar-refractivity contribution in [2.24, 2.45) is 10.1 Å². The van der Waals surface area contributed by atoms with Crippen LogP contribution in [0, 0.1) is 12.3 Å². The molecule has 0 radical (unpaired) electrons. The molecule has 0 aliphatic carbocycles. The van der Waals surface area contributed by atoms with Gasteiger partial charge < -0.3 is 14.0 Å². The SMILES string of the molecule is COc1ccccc1OCCn1cc(C=C2C(=N)N3N=C(c4ccc(C)cc4)SC3=NC2=O)c2ccccc21. The molecule has 3 aromatic carbocycles. The third kappa shape index (κ3) is 4.72. The van der Waals surface area contributed by atoms with Crippen LogP contribution in [0.1, 0.15) is 16.7 Å². The average Bonchev–Trinajstić information content (AvgIpc) is 3.53. The number of ether oxygens (including phenoxy) is 2. The Morgan fingerprint density at radius 2 is 1.74 bits per heavy atom. The number of amides is 1. The number of thioether (sulfide) groups is 1. The van der Waals surface area contributed by atoms with Gasteiger partial charge in [0, 0.05) is 28.2 Å². The first-order valence-corrected chi connectivity index (χ1v) is 13.2. The van der Waals surface area contributed by atoms with Crippen LogP contribution in [0.5, 0.6) is 11.5 Å². The maximum absolute atomic E-state index is 13.0. The number of hydrazone groups is 1. The van der Waals surface area contributed by atoms with Crippen LogP contribution in [0.25, 0.3) is 17.0 Å². The van der Waals surface area contributed by atoms with Gasteiger partial charge in [-0.15, -0.1) is 0 Å². The van der Waals surface area contributed by atoms with Gasteiger partial charge in [-0.2, -0.15) is 15.1 Å². The minimum absolute atomic E-state index is 0.0101. The minimum Gasteiger partial charge on any atom is -0.493 e. The maximum atomic E-state index is 13.0. The summed E-state index contributed by atoms with van der Waals surface area (Å²) in [6.07, 6.45) is 3.71. The predicted molar refractivity (Wildman–Crippen MR) is 156 cm³/mol. The lowest BCUT2D eigenvalue weighted by Crippen LogP contribution is -2.35. The fraction of sp³-hybridized carbons (Fsp3) is 0.133. The summed E-state index contributed by atoms with van der Waals surface area (Å²) in [6.45, 7) is 3.04. The van der Waals surface area contributed by atoms with E-state index < -0.39 is 5.91 Å². The second-order valence-corrected chi connectivity index (χ2v) is 10.0. The Morgan fingerprint density at radius 1 is 1.00 bits per heavy atom. The number of aryl methyl sites for hydroxylation is 1. The van der Waals surface area contributed by atoms with Gasteiger partial charge in [0.05, 0.1) is 19.2 Å². The molecule has 0 spiro atoms. The summed E-state index contributed by atoms with van der Waals surface area (Å²) in [5.74, 6) is 0.928. The van der Waals surface area contributed by atoms with Crippen molar-refractivity contribution in [2.75, 3.05) is 13.7 Å². The Balaban J connectivity index is 1.27. The zero-order valence-corrected chi connectivity index (χ0v) is 22.2. The van der Waals surface area contributed by atoms with Crippen LogP contribution in [0.3, 0.4) is 0 Å². The third-order valence-electron chi connectivity index (χ3n) is 6.53. The first kappa shape index (κ1) is 24.7. The van der Waals surface area contributed by atoms with Gasteiger partial charge in [-0.05, 0) is 43.0 Å². The lowest BCUT2D eigenvalue weighted by atomic mass is 10.1. The molecule has 39 heavy (non-hydrogen) atoms. The van der Waals surface area contributed by atoms with Gasteiger partial charge >= 0.3 is 0 Å². The molecule has 1 amide bonds. The number of carbonyl (C=O) groups is 1. The van der Waals surface area contributed by atoms with Gasteiger partial charge in [-0.25, -0.2) is 0 Å². The number of methoxy groups -OCH3 is 1. The van der Waals surface area contributed by atoms with Crippen LogP contribution in [0.2, 0.25) is 0 Å². The molecular formula is C30H25N5O3S. The van der Waals surface area contributed by atoms with Gasteiger partial charge in [0.1, 0.15) is 11.7 Å². The molecular weight excluding hydrogens is 510 g/mol. The molecule has 0 fully saturated rings. The van der Waals surface area contributed by atoms with Gasteiger partial charge in [-0.1, -0.05) is 60.2 Å². The van der Waals surface area contributed by atoms with Crippen LogP contribution in [-0.2, 0) is 11.3 Å². The number of aromatic nitrogens is 1. The number of aliphatic imine (C=N–C) groups is 1. The number of rotatable bonds is 7. The summed E-state index contributed by atoms with van der Waals surface area (Å²) in [6, 6.07) is 23.5. The van der Waals surface area contributed by atoms with Gasteiger partial charge in [0.25, 0.3) is 5.91 Å². The van der Waals surface area contributed by atoms with Crippen LogP contribution < -0.4 is 9.47 Å². The molecule has 8 nitrogen and oxygen atoms in total.